The fraction of sp³-hybridized carbons (Fsp3) is 0.143. The lowest BCUT2D eigenvalue weighted by molar-refractivity contribution is -0.384. The Hall–Kier alpha value is -2.63. The summed E-state index contributed by atoms with van der Waals surface area (Å²) in [6.45, 7) is 2.48. The summed E-state index contributed by atoms with van der Waals surface area (Å²) >= 11 is 0. The first-order valence-electron chi connectivity index (χ1n) is 6.09. The molecule has 2 aromatic carbocycles. The summed E-state index contributed by atoms with van der Waals surface area (Å²) in [6, 6.07) is 10.3. The molecule has 0 bridgehead atoms. The second kappa shape index (κ2) is 5.56. The molecule has 2 aromatic rings. The Morgan fingerprint density at radius 2 is 1.85 bits per heavy atom. The number of nitrogens with two attached hydrogens (primary N) is 1. The molecule has 0 spiro atoms. The smallest absolute Gasteiger partial charge is 0.273 e. The summed E-state index contributed by atoms with van der Waals surface area (Å²) in [7, 11) is 0. The molecule has 2 rings (SSSR count). The molecule has 0 aromatic heterocycles. The second-order valence-electron chi connectivity index (χ2n) is 4.26. The van der Waals surface area contributed by atoms with Crippen molar-refractivity contribution in [3.05, 3.63) is 58.4 Å². The van der Waals surface area contributed by atoms with Gasteiger partial charge < -0.3 is 10.6 Å². The van der Waals surface area contributed by atoms with Crippen molar-refractivity contribution in [2.24, 2.45) is 0 Å². The van der Waals surface area contributed by atoms with Crippen LogP contribution in [0, 0.1) is 15.9 Å². The van der Waals surface area contributed by atoms with Crippen LogP contribution in [0.1, 0.15) is 6.92 Å². The number of nitro groups is 1. The summed E-state index contributed by atoms with van der Waals surface area (Å²) in [5.74, 6) is -0.330. The summed E-state index contributed by atoms with van der Waals surface area (Å²) in [5, 5.41) is 10.9. The fourth-order valence-electron chi connectivity index (χ4n) is 2.01. The maximum absolute atomic E-state index is 13.0. The van der Waals surface area contributed by atoms with Gasteiger partial charge in [0, 0.05) is 35.7 Å². The Morgan fingerprint density at radius 3 is 2.40 bits per heavy atom. The van der Waals surface area contributed by atoms with Gasteiger partial charge in [-0.2, -0.15) is 0 Å². The number of non-ortho nitro benzene ring substituents is 1. The minimum absolute atomic E-state index is 0.0689. The van der Waals surface area contributed by atoms with Crippen LogP contribution < -0.4 is 10.6 Å². The van der Waals surface area contributed by atoms with E-state index in [1.807, 2.05) is 11.8 Å². The topological polar surface area (TPSA) is 72.4 Å². The van der Waals surface area contributed by atoms with Crippen molar-refractivity contribution in [2.45, 2.75) is 6.92 Å². The zero-order chi connectivity index (χ0) is 14.7. The van der Waals surface area contributed by atoms with Crippen LogP contribution in [0.15, 0.2) is 42.5 Å². The average Bonchev–Trinajstić information content (AvgIpc) is 2.41. The van der Waals surface area contributed by atoms with Gasteiger partial charge in [-0.05, 0) is 37.3 Å². The van der Waals surface area contributed by atoms with Crippen molar-refractivity contribution in [2.75, 3.05) is 17.2 Å². The van der Waals surface area contributed by atoms with Gasteiger partial charge in [-0.25, -0.2) is 4.39 Å². The quantitative estimate of drug-likeness (QED) is 0.526. The molecule has 0 aliphatic carbocycles. The third-order valence-electron chi connectivity index (χ3n) is 2.90. The number of nitrogens with zero attached hydrogens (tertiary/aromatic N) is 2. The van der Waals surface area contributed by atoms with Crippen LogP contribution in [0.25, 0.3) is 0 Å². The number of nitro benzene ring substituents is 1. The van der Waals surface area contributed by atoms with E-state index in [9.17, 15) is 14.5 Å². The average molecular weight is 275 g/mol. The van der Waals surface area contributed by atoms with E-state index in [1.54, 1.807) is 18.2 Å². The first kappa shape index (κ1) is 13.8. The van der Waals surface area contributed by atoms with Crippen molar-refractivity contribution >= 4 is 22.7 Å². The van der Waals surface area contributed by atoms with Gasteiger partial charge in [0.25, 0.3) is 5.69 Å². The molecule has 0 atom stereocenters. The lowest BCUT2D eigenvalue weighted by Gasteiger charge is -2.23. The fourth-order valence-corrected chi connectivity index (χ4v) is 2.01. The number of benzene rings is 2. The van der Waals surface area contributed by atoms with Crippen molar-refractivity contribution in [3.63, 3.8) is 0 Å². The van der Waals surface area contributed by atoms with Crippen LogP contribution in [0.3, 0.4) is 0 Å². The highest BCUT2D eigenvalue weighted by Gasteiger charge is 2.14. The van der Waals surface area contributed by atoms with Crippen molar-refractivity contribution in [3.8, 4) is 0 Å². The van der Waals surface area contributed by atoms with E-state index < -0.39 is 4.92 Å². The summed E-state index contributed by atoms with van der Waals surface area (Å²) in [4.78, 5) is 12.2. The molecule has 5 nitrogen and oxygen atoms in total. The van der Waals surface area contributed by atoms with Crippen LogP contribution in [0.5, 0.6) is 0 Å². The number of hydrogen-bond acceptors (Lipinski definition) is 4. The van der Waals surface area contributed by atoms with Crippen molar-refractivity contribution < 1.29 is 9.31 Å². The molecule has 0 aliphatic heterocycles. The molecule has 20 heavy (non-hydrogen) atoms. The standard InChI is InChI=1S/C14H14FN3O2/c1-2-17(12-5-3-10(15)4-6-12)13-7-11(16)8-14(9-13)18(19)20/h3-9H,2,16H2,1H3. The predicted octanol–water partition coefficient (Wildman–Crippen LogP) is 3.47. The Morgan fingerprint density at radius 1 is 1.20 bits per heavy atom. The highest BCUT2D eigenvalue weighted by molar-refractivity contribution is 5.69. The molecule has 0 amide bonds. The lowest BCUT2D eigenvalue weighted by atomic mass is 10.2. The van der Waals surface area contributed by atoms with E-state index in [0.29, 0.717) is 17.9 Å². The molecule has 0 unspecified atom stereocenters. The number of halogens is 1. The molecule has 0 saturated carbocycles. The van der Waals surface area contributed by atoms with Gasteiger partial charge in [0.05, 0.1) is 4.92 Å². The number of anilines is 3. The first-order chi connectivity index (χ1) is 9.51. The monoisotopic (exact) mass is 275 g/mol. The Kier molecular flexibility index (Phi) is 3.84. The van der Waals surface area contributed by atoms with Gasteiger partial charge in [0.15, 0.2) is 0 Å². The SMILES string of the molecule is CCN(c1ccc(F)cc1)c1cc(N)cc([N+](=O)[O-])c1. The third kappa shape index (κ3) is 2.85. The number of rotatable bonds is 4. The molecular weight excluding hydrogens is 261 g/mol. The van der Waals surface area contributed by atoms with Gasteiger partial charge in [-0.1, -0.05) is 0 Å². The molecule has 0 heterocycles. The van der Waals surface area contributed by atoms with Crippen LogP contribution in [0.4, 0.5) is 27.1 Å². The Labute approximate surface area is 115 Å². The summed E-state index contributed by atoms with van der Waals surface area (Å²) < 4.78 is 13.0. The summed E-state index contributed by atoms with van der Waals surface area (Å²) in [5.41, 5.74) is 7.29. The van der Waals surface area contributed by atoms with Gasteiger partial charge in [-0.3, -0.25) is 10.1 Å². The summed E-state index contributed by atoms with van der Waals surface area (Å²) in [6.07, 6.45) is 0. The number of hydrogen-bond donors (Lipinski definition) is 1. The third-order valence-corrected chi connectivity index (χ3v) is 2.90. The van der Waals surface area contributed by atoms with Gasteiger partial charge in [0.1, 0.15) is 5.82 Å². The van der Waals surface area contributed by atoms with Crippen LogP contribution in [0.2, 0.25) is 0 Å². The van der Waals surface area contributed by atoms with Crippen molar-refractivity contribution in [1.82, 2.24) is 0 Å². The molecule has 6 heteroatoms. The minimum atomic E-state index is -0.488. The molecule has 0 saturated heterocycles. The van der Waals surface area contributed by atoms with E-state index in [1.165, 1.54) is 24.3 Å². The maximum Gasteiger partial charge on any atom is 0.273 e. The predicted molar refractivity (Wildman–Crippen MR) is 76.6 cm³/mol. The zero-order valence-corrected chi connectivity index (χ0v) is 10.9. The maximum atomic E-state index is 13.0. The molecule has 0 aliphatic rings. The van der Waals surface area contributed by atoms with E-state index >= 15 is 0 Å². The lowest BCUT2D eigenvalue weighted by Crippen LogP contribution is -2.16. The largest absolute Gasteiger partial charge is 0.398 e. The normalized spacial score (nSPS) is 10.3. The highest BCUT2D eigenvalue weighted by atomic mass is 19.1. The zero-order valence-electron chi connectivity index (χ0n) is 10.9. The molecule has 104 valence electrons. The van der Waals surface area contributed by atoms with E-state index in [0.717, 1.165) is 5.69 Å². The van der Waals surface area contributed by atoms with E-state index in [2.05, 4.69) is 0 Å². The molecule has 0 fully saturated rings. The van der Waals surface area contributed by atoms with Gasteiger partial charge >= 0.3 is 0 Å². The van der Waals surface area contributed by atoms with Crippen LogP contribution in [-0.2, 0) is 0 Å². The molecular formula is C14H14FN3O2. The Balaban J connectivity index is 2.46. The number of nitrogen functional groups attached to an aromatic ring is 1. The van der Waals surface area contributed by atoms with Crippen LogP contribution in [-0.4, -0.2) is 11.5 Å². The second-order valence-corrected chi connectivity index (χ2v) is 4.26. The van der Waals surface area contributed by atoms with Crippen molar-refractivity contribution in [1.29, 1.82) is 0 Å². The van der Waals surface area contributed by atoms with Gasteiger partial charge in [0.2, 0.25) is 0 Å². The van der Waals surface area contributed by atoms with E-state index in [-0.39, 0.29) is 11.5 Å². The highest BCUT2D eigenvalue weighted by Crippen LogP contribution is 2.30. The van der Waals surface area contributed by atoms with Gasteiger partial charge in [-0.15, -0.1) is 0 Å². The minimum Gasteiger partial charge on any atom is -0.398 e. The molecule has 0 radical (unpaired) electrons. The molecule has 2 N–H and O–H groups in total. The first-order valence-corrected chi connectivity index (χ1v) is 6.09. The Bertz CT molecular complexity index is 629. The van der Waals surface area contributed by atoms with Crippen LogP contribution >= 0.6 is 0 Å². The van der Waals surface area contributed by atoms with E-state index in [4.69, 9.17) is 5.73 Å².